The summed E-state index contributed by atoms with van der Waals surface area (Å²) in [5.74, 6) is 0.0465. The van der Waals surface area contributed by atoms with Gasteiger partial charge in [-0.05, 0) is 36.3 Å². The Bertz CT molecular complexity index is 843. The number of carbonyl (C=O) groups is 1. The van der Waals surface area contributed by atoms with Crippen molar-refractivity contribution >= 4 is 5.91 Å². The normalized spacial score (nSPS) is 12.0. The zero-order chi connectivity index (χ0) is 19.1. The van der Waals surface area contributed by atoms with Gasteiger partial charge in [0.25, 0.3) is 0 Å². The van der Waals surface area contributed by atoms with E-state index < -0.39 is 0 Å². The molecule has 1 amide bonds. The minimum atomic E-state index is 0.0465. The van der Waals surface area contributed by atoms with Gasteiger partial charge in [-0.1, -0.05) is 84.9 Å². The lowest BCUT2D eigenvalue weighted by molar-refractivity contribution is -0.120. The second kappa shape index (κ2) is 9.15. The summed E-state index contributed by atoms with van der Waals surface area (Å²) in [4.78, 5) is 14.5. The fourth-order valence-corrected chi connectivity index (χ4v) is 3.18. The predicted octanol–water partition coefficient (Wildman–Crippen LogP) is 4.32. The Hall–Kier alpha value is -2.91. The molecule has 0 aliphatic carbocycles. The quantitative estimate of drug-likeness (QED) is 0.682. The highest BCUT2D eigenvalue weighted by Crippen LogP contribution is 2.20. The van der Waals surface area contributed by atoms with E-state index in [2.05, 4.69) is 46.6 Å². The van der Waals surface area contributed by atoms with E-state index in [-0.39, 0.29) is 11.9 Å². The summed E-state index contributed by atoms with van der Waals surface area (Å²) < 4.78 is 0. The molecule has 0 radical (unpaired) electrons. The van der Waals surface area contributed by atoms with Gasteiger partial charge in [0.2, 0.25) is 5.91 Å². The predicted molar refractivity (Wildman–Crippen MR) is 111 cm³/mol. The first-order valence-corrected chi connectivity index (χ1v) is 9.26. The Morgan fingerprint density at radius 1 is 0.815 bits per heavy atom. The first-order valence-electron chi connectivity index (χ1n) is 9.26. The molecule has 0 aliphatic rings. The fourth-order valence-electron chi connectivity index (χ4n) is 3.18. The highest BCUT2D eigenvalue weighted by atomic mass is 16.1. The van der Waals surface area contributed by atoms with Crippen LogP contribution in [0.15, 0.2) is 84.9 Å². The van der Waals surface area contributed by atoms with Crippen molar-refractivity contribution in [3.05, 3.63) is 96.1 Å². The molecule has 0 aliphatic heterocycles. The van der Waals surface area contributed by atoms with Crippen LogP contribution in [-0.4, -0.2) is 31.4 Å². The molecule has 0 heterocycles. The van der Waals surface area contributed by atoms with Gasteiger partial charge < -0.3 is 10.2 Å². The molecule has 0 spiro atoms. The maximum absolute atomic E-state index is 12.4. The molecule has 1 atom stereocenters. The average molecular weight is 358 g/mol. The van der Waals surface area contributed by atoms with Crippen LogP contribution >= 0.6 is 0 Å². The maximum Gasteiger partial charge on any atom is 0.224 e. The Kier molecular flexibility index (Phi) is 6.39. The lowest BCUT2D eigenvalue weighted by atomic mass is 10.0. The van der Waals surface area contributed by atoms with Crippen LogP contribution in [0, 0.1) is 0 Å². The molecule has 0 aromatic heterocycles. The van der Waals surface area contributed by atoms with Crippen LogP contribution in [0.5, 0.6) is 0 Å². The minimum absolute atomic E-state index is 0.0465. The lowest BCUT2D eigenvalue weighted by Gasteiger charge is -2.25. The van der Waals surface area contributed by atoms with Gasteiger partial charge in [-0.25, -0.2) is 0 Å². The Balaban J connectivity index is 1.57. The number of hydrogen-bond donors (Lipinski definition) is 1. The summed E-state index contributed by atoms with van der Waals surface area (Å²) >= 11 is 0. The number of hydrogen-bond acceptors (Lipinski definition) is 2. The van der Waals surface area contributed by atoms with Crippen molar-refractivity contribution in [3.63, 3.8) is 0 Å². The molecule has 0 saturated heterocycles. The average Bonchev–Trinajstić information content (AvgIpc) is 2.70. The van der Waals surface area contributed by atoms with Gasteiger partial charge in [0.05, 0.1) is 12.5 Å². The third-order valence-electron chi connectivity index (χ3n) is 4.73. The van der Waals surface area contributed by atoms with Gasteiger partial charge in [-0.3, -0.25) is 4.79 Å². The summed E-state index contributed by atoms with van der Waals surface area (Å²) in [5.41, 5.74) is 4.57. The Labute approximate surface area is 161 Å². The first kappa shape index (κ1) is 18.9. The van der Waals surface area contributed by atoms with Crippen molar-refractivity contribution in [1.29, 1.82) is 0 Å². The molecular weight excluding hydrogens is 332 g/mol. The molecule has 3 aromatic rings. The molecule has 3 rings (SSSR count). The molecule has 3 aromatic carbocycles. The smallest absolute Gasteiger partial charge is 0.224 e. The summed E-state index contributed by atoms with van der Waals surface area (Å²) in [7, 11) is 4.07. The van der Waals surface area contributed by atoms with Crippen LogP contribution in [0.1, 0.15) is 17.2 Å². The Morgan fingerprint density at radius 3 is 1.96 bits per heavy atom. The second-order valence-corrected chi connectivity index (χ2v) is 6.93. The van der Waals surface area contributed by atoms with E-state index in [1.54, 1.807) is 0 Å². The van der Waals surface area contributed by atoms with E-state index in [0.29, 0.717) is 13.0 Å². The first-order chi connectivity index (χ1) is 13.1. The number of nitrogens with one attached hydrogen (secondary N) is 1. The van der Waals surface area contributed by atoms with Crippen LogP contribution in [0.4, 0.5) is 0 Å². The topological polar surface area (TPSA) is 32.3 Å². The summed E-state index contributed by atoms with van der Waals surface area (Å²) in [6.45, 7) is 0.595. The number of carbonyl (C=O) groups excluding carboxylic acids is 1. The standard InChI is InChI=1S/C24H26N2O/c1-26(2)23(22-11-7-4-8-12-22)18-25-24(27)17-19-13-15-21(16-14-19)20-9-5-3-6-10-20/h3-16,23H,17-18H2,1-2H3,(H,25,27). The lowest BCUT2D eigenvalue weighted by Crippen LogP contribution is -2.35. The van der Waals surface area contributed by atoms with E-state index in [0.717, 1.165) is 11.1 Å². The van der Waals surface area contributed by atoms with Crippen LogP contribution in [0.25, 0.3) is 11.1 Å². The fraction of sp³-hybridized carbons (Fsp3) is 0.208. The zero-order valence-electron chi connectivity index (χ0n) is 15.9. The minimum Gasteiger partial charge on any atom is -0.354 e. The molecule has 3 heteroatoms. The van der Waals surface area contributed by atoms with Gasteiger partial charge in [-0.2, -0.15) is 0 Å². The van der Waals surface area contributed by atoms with Crippen molar-refractivity contribution in [3.8, 4) is 11.1 Å². The monoisotopic (exact) mass is 358 g/mol. The summed E-state index contributed by atoms with van der Waals surface area (Å²) in [5, 5.41) is 3.08. The van der Waals surface area contributed by atoms with E-state index in [1.165, 1.54) is 11.1 Å². The molecule has 0 saturated carbocycles. The van der Waals surface area contributed by atoms with Crippen molar-refractivity contribution in [2.24, 2.45) is 0 Å². The molecule has 27 heavy (non-hydrogen) atoms. The van der Waals surface area contributed by atoms with E-state index in [1.807, 2.05) is 62.6 Å². The van der Waals surface area contributed by atoms with Crippen molar-refractivity contribution < 1.29 is 4.79 Å². The highest BCUT2D eigenvalue weighted by molar-refractivity contribution is 5.79. The SMILES string of the molecule is CN(C)C(CNC(=O)Cc1ccc(-c2ccccc2)cc1)c1ccccc1. The van der Waals surface area contributed by atoms with Crippen molar-refractivity contribution in [2.45, 2.75) is 12.5 Å². The third-order valence-corrected chi connectivity index (χ3v) is 4.73. The van der Waals surface area contributed by atoms with Crippen LogP contribution < -0.4 is 5.32 Å². The van der Waals surface area contributed by atoms with Crippen molar-refractivity contribution in [2.75, 3.05) is 20.6 Å². The van der Waals surface area contributed by atoms with E-state index in [9.17, 15) is 4.79 Å². The van der Waals surface area contributed by atoms with E-state index >= 15 is 0 Å². The second-order valence-electron chi connectivity index (χ2n) is 6.93. The largest absolute Gasteiger partial charge is 0.354 e. The number of benzene rings is 3. The molecule has 3 nitrogen and oxygen atoms in total. The van der Waals surface area contributed by atoms with Crippen LogP contribution in [0.3, 0.4) is 0 Å². The van der Waals surface area contributed by atoms with Gasteiger partial charge in [-0.15, -0.1) is 0 Å². The van der Waals surface area contributed by atoms with Crippen molar-refractivity contribution in [1.82, 2.24) is 10.2 Å². The molecule has 1 N–H and O–H groups in total. The van der Waals surface area contributed by atoms with Gasteiger partial charge in [0.15, 0.2) is 0 Å². The molecular formula is C24H26N2O. The maximum atomic E-state index is 12.4. The summed E-state index contributed by atoms with van der Waals surface area (Å²) in [6.07, 6.45) is 0.393. The highest BCUT2D eigenvalue weighted by Gasteiger charge is 2.15. The number of nitrogens with zero attached hydrogens (tertiary/aromatic N) is 1. The number of likely N-dealkylation sites (N-methyl/N-ethyl adjacent to an activating group) is 1. The number of amides is 1. The number of rotatable bonds is 7. The van der Waals surface area contributed by atoms with Gasteiger partial charge in [0, 0.05) is 6.54 Å². The van der Waals surface area contributed by atoms with Crippen LogP contribution in [-0.2, 0) is 11.2 Å². The van der Waals surface area contributed by atoms with Gasteiger partial charge in [0.1, 0.15) is 0 Å². The van der Waals surface area contributed by atoms with Crippen LogP contribution in [0.2, 0.25) is 0 Å². The summed E-state index contributed by atoms with van der Waals surface area (Å²) in [6, 6.07) is 28.9. The molecule has 0 fully saturated rings. The third kappa shape index (κ3) is 5.28. The van der Waals surface area contributed by atoms with Gasteiger partial charge >= 0.3 is 0 Å². The zero-order valence-corrected chi connectivity index (χ0v) is 15.9. The molecule has 138 valence electrons. The molecule has 0 bridgehead atoms. The van der Waals surface area contributed by atoms with E-state index in [4.69, 9.17) is 0 Å². The molecule has 1 unspecified atom stereocenters. The Morgan fingerprint density at radius 2 is 1.37 bits per heavy atom.